The van der Waals surface area contributed by atoms with Crippen LogP contribution in [0.1, 0.15) is 51.9 Å². The molecule has 4 heteroatoms. The fourth-order valence-corrected chi connectivity index (χ4v) is 7.14. The van der Waals surface area contributed by atoms with Gasteiger partial charge in [0.05, 0.1) is 5.71 Å². The number of allylic oxidation sites excluding steroid dienone is 3. The zero-order valence-electron chi connectivity index (χ0n) is 15.4. The molecule has 3 saturated carbocycles. The number of rotatable bonds is 0. The monoisotopic (exact) mass is 353 g/mol. The third kappa shape index (κ3) is 1.96. The summed E-state index contributed by atoms with van der Waals surface area (Å²) in [5.74, 6) is 2.28. The Morgan fingerprint density at radius 2 is 2.12 bits per heavy atom. The Morgan fingerprint density at radius 3 is 2.85 bits per heavy atom. The lowest BCUT2D eigenvalue weighted by Crippen LogP contribution is -2.52. The van der Waals surface area contributed by atoms with Gasteiger partial charge in [-0.05, 0) is 86.3 Å². The standard InChI is InChI=1S/C22H27NO3/c1-13-11-18-16(15-4-3-14(23-25)12-17(13)15)5-8-21(2)19(18)6-9-22(21)10-7-20(24)26-22/h7,10,12,15-16,18-19,25H,1,3-6,8-9,11H2,2H3/t15-,16?,18?,19?,21+,22-/m1/s1. The molecule has 0 saturated heterocycles. The summed E-state index contributed by atoms with van der Waals surface area (Å²) in [5.41, 5.74) is 3.01. The molecule has 0 aromatic heterocycles. The third-order valence-electron chi connectivity index (χ3n) is 8.42. The van der Waals surface area contributed by atoms with Crippen LogP contribution in [0.3, 0.4) is 0 Å². The van der Waals surface area contributed by atoms with Gasteiger partial charge in [0, 0.05) is 11.5 Å². The molecule has 3 fully saturated rings. The highest BCUT2D eigenvalue weighted by Crippen LogP contribution is 2.67. The Labute approximate surface area is 154 Å². The minimum absolute atomic E-state index is 0.0463. The van der Waals surface area contributed by atoms with E-state index in [1.165, 1.54) is 17.6 Å². The molecular formula is C22H27NO3. The molecule has 6 atom stereocenters. The molecule has 0 aromatic carbocycles. The van der Waals surface area contributed by atoms with Crippen LogP contribution in [-0.2, 0) is 9.53 Å². The van der Waals surface area contributed by atoms with E-state index in [4.69, 9.17) is 9.94 Å². The van der Waals surface area contributed by atoms with Crippen LogP contribution in [0.2, 0.25) is 0 Å². The number of carbonyl (C=O) groups excluding carboxylic acids is 1. The molecule has 5 aliphatic rings. The van der Waals surface area contributed by atoms with Crippen molar-refractivity contribution in [1.29, 1.82) is 0 Å². The maximum atomic E-state index is 11.8. The van der Waals surface area contributed by atoms with E-state index >= 15 is 0 Å². The summed E-state index contributed by atoms with van der Waals surface area (Å²) >= 11 is 0. The molecule has 0 aromatic rings. The second-order valence-electron chi connectivity index (χ2n) is 9.22. The minimum Gasteiger partial charge on any atom is -0.451 e. The van der Waals surface area contributed by atoms with Crippen LogP contribution < -0.4 is 0 Å². The van der Waals surface area contributed by atoms with Crippen molar-refractivity contribution < 1.29 is 14.7 Å². The van der Waals surface area contributed by atoms with Crippen LogP contribution in [0.15, 0.2) is 41.1 Å². The van der Waals surface area contributed by atoms with E-state index in [-0.39, 0.29) is 17.0 Å². The number of hydrogen-bond acceptors (Lipinski definition) is 4. The van der Waals surface area contributed by atoms with E-state index in [0.29, 0.717) is 23.7 Å². The van der Waals surface area contributed by atoms with E-state index in [1.807, 2.05) is 0 Å². The van der Waals surface area contributed by atoms with Gasteiger partial charge in [0.25, 0.3) is 0 Å². The molecule has 4 nitrogen and oxygen atoms in total. The van der Waals surface area contributed by atoms with E-state index in [9.17, 15) is 4.79 Å². The number of esters is 1. The van der Waals surface area contributed by atoms with Gasteiger partial charge < -0.3 is 9.94 Å². The summed E-state index contributed by atoms with van der Waals surface area (Å²) < 4.78 is 5.90. The number of nitrogens with zero attached hydrogens (tertiary/aromatic N) is 1. The Bertz CT molecular complexity index is 778. The maximum absolute atomic E-state index is 11.8. The molecule has 1 N–H and O–H groups in total. The number of oxime groups is 1. The fourth-order valence-electron chi connectivity index (χ4n) is 7.14. The van der Waals surface area contributed by atoms with Gasteiger partial charge in [0.1, 0.15) is 5.60 Å². The van der Waals surface area contributed by atoms with Crippen LogP contribution >= 0.6 is 0 Å². The minimum atomic E-state index is -0.375. The molecule has 138 valence electrons. The van der Waals surface area contributed by atoms with E-state index in [1.54, 1.807) is 6.08 Å². The highest BCUT2D eigenvalue weighted by molar-refractivity contribution is 5.96. The van der Waals surface area contributed by atoms with Crippen molar-refractivity contribution in [3.8, 4) is 0 Å². The Balaban J connectivity index is 1.49. The van der Waals surface area contributed by atoms with Crippen molar-refractivity contribution in [3.05, 3.63) is 36.0 Å². The smallest absolute Gasteiger partial charge is 0.331 e. The van der Waals surface area contributed by atoms with Crippen molar-refractivity contribution in [2.75, 3.05) is 0 Å². The van der Waals surface area contributed by atoms with Crippen LogP contribution in [0.5, 0.6) is 0 Å². The largest absolute Gasteiger partial charge is 0.451 e. The zero-order chi connectivity index (χ0) is 18.1. The van der Waals surface area contributed by atoms with Crippen LogP contribution in [0.4, 0.5) is 0 Å². The van der Waals surface area contributed by atoms with E-state index < -0.39 is 0 Å². The predicted octanol–water partition coefficient (Wildman–Crippen LogP) is 4.41. The molecule has 1 aliphatic heterocycles. The van der Waals surface area contributed by atoms with Crippen molar-refractivity contribution in [3.63, 3.8) is 0 Å². The highest BCUT2D eigenvalue weighted by Gasteiger charge is 2.64. The topological polar surface area (TPSA) is 58.9 Å². The molecule has 26 heavy (non-hydrogen) atoms. The molecule has 3 unspecified atom stereocenters. The summed E-state index contributed by atoms with van der Waals surface area (Å²) in [5, 5.41) is 12.6. The van der Waals surface area contributed by atoms with Gasteiger partial charge in [-0.3, -0.25) is 0 Å². The predicted molar refractivity (Wildman–Crippen MR) is 98.8 cm³/mol. The summed E-state index contributed by atoms with van der Waals surface area (Å²) in [4.78, 5) is 11.8. The number of hydrogen-bond donors (Lipinski definition) is 1. The summed E-state index contributed by atoms with van der Waals surface area (Å²) in [7, 11) is 0. The summed E-state index contributed by atoms with van der Waals surface area (Å²) in [6.45, 7) is 6.75. The van der Waals surface area contributed by atoms with Gasteiger partial charge in [-0.1, -0.05) is 24.2 Å². The molecule has 0 radical (unpaired) electrons. The lowest BCUT2D eigenvalue weighted by atomic mass is 9.50. The second-order valence-corrected chi connectivity index (χ2v) is 9.22. The Morgan fingerprint density at radius 1 is 1.27 bits per heavy atom. The van der Waals surface area contributed by atoms with E-state index in [2.05, 4.69) is 30.8 Å². The summed E-state index contributed by atoms with van der Waals surface area (Å²) in [6, 6.07) is 0. The first-order valence-corrected chi connectivity index (χ1v) is 10.0. The van der Waals surface area contributed by atoms with Crippen molar-refractivity contribution in [1.82, 2.24) is 0 Å². The molecule has 1 spiro atoms. The zero-order valence-corrected chi connectivity index (χ0v) is 15.4. The first-order chi connectivity index (χ1) is 12.5. The average Bonchev–Trinajstić information content (AvgIpc) is 3.16. The fraction of sp³-hybridized carbons (Fsp3) is 0.636. The number of carbonyl (C=O) groups is 1. The first-order valence-electron chi connectivity index (χ1n) is 10.0. The second kappa shape index (κ2) is 5.34. The summed E-state index contributed by atoms with van der Waals surface area (Å²) in [6.07, 6.45) is 13.1. The van der Waals surface area contributed by atoms with Gasteiger partial charge in [-0.2, -0.15) is 0 Å². The van der Waals surface area contributed by atoms with Gasteiger partial charge in [0.15, 0.2) is 0 Å². The van der Waals surface area contributed by atoms with Crippen molar-refractivity contribution >= 4 is 11.7 Å². The van der Waals surface area contributed by atoms with Gasteiger partial charge in [0.2, 0.25) is 0 Å². The van der Waals surface area contributed by atoms with E-state index in [0.717, 1.165) is 44.2 Å². The van der Waals surface area contributed by atoms with Crippen LogP contribution in [0, 0.1) is 29.1 Å². The molecular weight excluding hydrogens is 326 g/mol. The maximum Gasteiger partial charge on any atom is 0.331 e. The van der Waals surface area contributed by atoms with Crippen molar-refractivity contribution in [2.45, 2.75) is 57.5 Å². The van der Waals surface area contributed by atoms with Crippen LogP contribution in [0.25, 0.3) is 0 Å². The van der Waals surface area contributed by atoms with Gasteiger partial charge >= 0.3 is 5.97 Å². The molecule has 1 heterocycles. The first kappa shape index (κ1) is 16.3. The SMILES string of the molecule is C=C1CC2C(CC[C@@]3(C)C2CC[C@@]32C=CC(=O)O2)[C@H]2CCC(=NO)C=C12. The lowest BCUT2D eigenvalue weighted by Gasteiger charge is -2.55. The molecule has 0 amide bonds. The number of fused-ring (bicyclic) bond motifs is 6. The molecule has 5 rings (SSSR count). The quantitative estimate of drug-likeness (QED) is 0.399. The normalized spacial score (nSPS) is 48.2. The highest BCUT2D eigenvalue weighted by atomic mass is 16.6. The van der Waals surface area contributed by atoms with Crippen LogP contribution in [-0.4, -0.2) is 22.5 Å². The molecule has 4 aliphatic carbocycles. The Kier molecular flexibility index (Phi) is 3.35. The average molecular weight is 353 g/mol. The lowest BCUT2D eigenvalue weighted by molar-refractivity contribution is -0.160. The molecule has 0 bridgehead atoms. The Hall–Kier alpha value is -1.84. The van der Waals surface area contributed by atoms with Gasteiger partial charge in [-0.25, -0.2) is 4.79 Å². The van der Waals surface area contributed by atoms with Gasteiger partial charge in [-0.15, -0.1) is 0 Å². The van der Waals surface area contributed by atoms with Crippen molar-refractivity contribution in [2.24, 2.45) is 34.2 Å². The number of ether oxygens (including phenoxy) is 1. The third-order valence-corrected chi connectivity index (χ3v) is 8.42.